The van der Waals surface area contributed by atoms with Crippen LogP contribution in [0.15, 0.2) is 53.4 Å². The lowest BCUT2D eigenvalue weighted by molar-refractivity contribution is -0.139. The van der Waals surface area contributed by atoms with Crippen LogP contribution in [0.1, 0.15) is 29.8 Å². The van der Waals surface area contributed by atoms with E-state index in [1.54, 1.807) is 38.1 Å². The number of carbonyl (C=O) groups is 2. The molecule has 0 aliphatic heterocycles. The molecular weight excluding hydrogens is 422 g/mol. The van der Waals surface area contributed by atoms with E-state index in [4.69, 9.17) is 14.6 Å². The molecule has 2 rings (SSSR count). The zero-order valence-electron chi connectivity index (χ0n) is 17.6. The van der Waals surface area contributed by atoms with E-state index in [9.17, 15) is 18.0 Å². The van der Waals surface area contributed by atoms with Crippen LogP contribution in [0, 0.1) is 0 Å². The Bertz CT molecular complexity index is 1060. The summed E-state index contributed by atoms with van der Waals surface area (Å²) in [6.07, 6.45) is 2.94. The third-order valence-electron chi connectivity index (χ3n) is 4.45. The maximum atomic E-state index is 12.5. The fourth-order valence-corrected chi connectivity index (χ4v) is 4.28. The SMILES string of the molecule is CCN(CC)S(=O)(=O)c1ccc(C(=O)/C=C/c2ccc(OCC(=O)O)c(OC)c2)cc1. The van der Waals surface area contributed by atoms with Crippen molar-refractivity contribution in [3.8, 4) is 11.5 Å². The van der Waals surface area contributed by atoms with Crippen molar-refractivity contribution < 1.29 is 32.6 Å². The molecule has 0 bridgehead atoms. The first-order chi connectivity index (χ1) is 14.7. The van der Waals surface area contributed by atoms with Gasteiger partial charge in [0, 0.05) is 18.7 Å². The molecular formula is C22H25NO7S. The molecule has 0 aliphatic carbocycles. The highest BCUT2D eigenvalue weighted by molar-refractivity contribution is 7.89. The van der Waals surface area contributed by atoms with E-state index in [0.29, 0.717) is 30.0 Å². The number of hydrogen-bond donors (Lipinski definition) is 1. The molecule has 0 fully saturated rings. The van der Waals surface area contributed by atoms with Gasteiger partial charge in [0.1, 0.15) is 0 Å². The number of nitrogens with zero attached hydrogens (tertiary/aromatic N) is 1. The van der Waals surface area contributed by atoms with E-state index in [1.165, 1.54) is 41.8 Å². The van der Waals surface area contributed by atoms with Gasteiger partial charge in [-0.3, -0.25) is 4.79 Å². The highest BCUT2D eigenvalue weighted by Crippen LogP contribution is 2.28. The fourth-order valence-electron chi connectivity index (χ4n) is 2.82. The predicted molar refractivity (Wildman–Crippen MR) is 116 cm³/mol. The van der Waals surface area contributed by atoms with Gasteiger partial charge < -0.3 is 14.6 Å². The molecule has 2 aromatic rings. The number of carboxylic acids is 1. The second-order valence-corrected chi connectivity index (χ2v) is 8.34. The number of benzene rings is 2. The maximum Gasteiger partial charge on any atom is 0.341 e. The van der Waals surface area contributed by atoms with Crippen molar-refractivity contribution in [1.29, 1.82) is 0 Å². The quantitative estimate of drug-likeness (QED) is 0.416. The van der Waals surface area contributed by atoms with Crippen molar-refractivity contribution >= 4 is 27.9 Å². The summed E-state index contributed by atoms with van der Waals surface area (Å²) in [5, 5.41) is 8.71. The minimum Gasteiger partial charge on any atom is -0.493 e. The van der Waals surface area contributed by atoms with Gasteiger partial charge in [0.2, 0.25) is 10.0 Å². The largest absolute Gasteiger partial charge is 0.493 e. The lowest BCUT2D eigenvalue weighted by atomic mass is 10.1. The molecule has 0 aliphatic rings. The van der Waals surface area contributed by atoms with Crippen LogP contribution in [0.25, 0.3) is 6.08 Å². The van der Waals surface area contributed by atoms with Gasteiger partial charge in [-0.2, -0.15) is 4.31 Å². The molecule has 166 valence electrons. The summed E-state index contributed by atoms with van der Waals surface area (Å²) in [4.78, 5) is 23.2. The van der Waals surface area contributed by atoms with Crippen LogP contribution in [0.2, 0.25) is 0 Å². The molecule has 0 saturated heterocycles. The van der Waals surface area contributed by atoms with Gasteiger partial charge in [-0.15, -0.1) is 0 Å². The Hall–Kier alpha value is -3.17. The Kier molecular flexibility index (Phi) is 8.35. The van der Waals surface area contributed by atoms with E-state index >= 15 is 0 Å². The molecule has 1 N–H and O–H groups in total. The number of aliphatic carboxylic acids is 1. The van der Waals surface area contributed by atoms with Crippen LogP contribution in [0.3, 0.4) is 0 Å². The average Bonchev–Trinajstić information content (AvgIpc) is 2.76. The van der Waals surface area contributed by atoms with Crippen molar-refractivity contribution in [2.75, 3.05) is 26.8 Å². The summed E-state index contributed by atoms with van der Waals surface area (Å²) >= 11 is 0. The molecule has 0 radical (unpaired) electrons. The monoisotopic (exact) mass is 447 g/mol. The zero-order valence-corrected chi connectivity index (χ0v) is 18.4. The van der Waals surface area contributed by atoms with Crippen LogP contribution < -0.4 is 9.47 Å². The number of rotatable bonds is 11. The molecule has 0 unspecified atom stereocenters. The molecule has 2 aromatic carbocycles. The van der Waals surface area contributed by atoms with E-state index in [0.717, 1.165) is 0 Å². The zero-order chi connectivity index (χ0) is 23.0. The van der Waals surface area contributed by atoms with Gasteiger partial charge in [-0.1, -0.05) is 26.0 Å². The normalized spacial score (nSPS) is 11.6. The first kappa shape index (κ1) is 24.1. The van der Waals surface area contributed by atoms with Crippen molar-refractivity contribution in [2.24, 2.45) is 0 Å². The summed E-state index contributed by atoms with van der Waals surface area (Å²) in [6, 6.07) is 10.6. The van der Waals surface area contributed by atoms with Gasteiger partial charge >= 0.3 is 5.97 Å². The Morgan fingerprint density at radius 2 is 1.68 bits per heavy atom. The third-order valence-corrected chi connectivity index (χ3v) is 6.51. The predicted octanol–water partition coefficient (Wildman–Crippen LogP) is 3.09. The van der Waals surface area contributed by atoms with Gasteiger partial charge in [0.05, 0.1) is 12.0 Å². The van der Waals surface area contributed by atoms with Gasteiger partial charge in [0.25, 0.3) is 0 Å². The molecule has 0 heterocycles. The molecule has 8 nitrogen and oxygen atoms in total. The number of ketones is 1. The number of ether oxygens (including phenoxy) is 2. The average molecular weight is 448 g/mol. The van der Waals surface area contributed by atoms with Gasteiger partial charge in [-0.05, 0) is 48.0 Å². The highest BCUT2D eigenvalue weighted by atomic mass is 32.2. The number of methoxy groups -OCH3 is 1. The van der Waals surface area contributed by atoms with Gasteiger partial charge in [-0.25, -0.2) is 13.2 Å². The molecule has 0 aromatic heterocycles. The molecule has 9 heteroatoms. The highest BCUT2D eigenvalue weighted by Gasteiger charge is 2.21. The third kappa shape index (κ3) is 6.16. The van der Waals surface area contributed by atoms with Crippen molar-refractivity contribution in [3.63, 3.8) is 0 Å². The number of carbonyl (C=O) groups excluding carboxylic acids is 1. The first-order valence-corrected chi connectivity index (χ1v) is 11.0. The smallest absolute Gasteiger partial charge is 0.341 e. The Morgan fingerprint density at radius 3 is 2.23 bits per heavy atom. The molecule has 0 spiro atoms. The van der Waals surface area contributed by atoms with Crippen LogP contribution in [-0.4, -0.2) is 56.4 Å². The summed E-state index contributed by atoms with van der Waals surface area (Å²) in [6.45, 7) is 3.77. The van der Waals surface area contributed by atoms with E-state index in [1.807, 2.05) is 0 Å². The molecule has 0 atom stereocenters. The maximum absolute atomic E-state index is 12.5. The van der Waals surface area contributed by atoms with E-state index < -0.39 is 22.6 Å². The molecule has 0 amide bonds. The minimum atomic E-state index is -3.58. The number of sulfonamides is 1. The second-order valence-electron chi connectivity index (χ2n) is 6.40. The summed E-state index contributed by atoms with van der Waals surface area (Å²) < 4.78 is 36.7. The van der Waals surface area contributed by atoms with Gasteiger partial charge in [0.15, 0.2) is 23.9 Å². The lowest BCUT2D eigenvalue weighted by Crippen LogP contribution is -2.30. The molecule has 31 heavy (non-hydrogen) atoms. The van der Waals surface area contributed by atoms with Crippen molar-refractivity contribution in [2.45, 2.75) is 18.7 Å². The first-order valence-electron chi connectivity index (χ1n) is 9.58. The topological polar surface area (TPSA) is 110 Å². The van der Waals surface area contributed by atoms with Crippen molar-refractivity contribution in [3.05, 3.63) is 59.7 Å². The van der Waals surface area contributed by atoms with E-state index in [2.05, 4.69) is 0 Å². The van der Waals surface area contributed by atoms with Crippen LogP contribution in [-0.2, 0) is 14.8 Å². The number of allylic oxidation sites excluding steroid dienone is 1. The summed E-state index contributed by atoms with van der Waals surface area (Å²) in [5.41, 5.74) is 0.997. The Morgan fingerprint density at radius 1 is 1.03 bits per heavy atom. The van der Waals surface area contributed by atoms with Crippen LogP contribution in [0.5, 0.6) is 11.5 Å². The summed E-state index contributed by atoms with van der Waals surface area (Å²) in [5.74, 6) is -0.787. The van der Waals surface area contributed by atoms with Crippen molar-refractivity contribution in [1.82, 2.24) is 4.31 Å². The Labute approximate surface area is 181 Å². The minimum absolute atomic E-state index is 0.137. The fraction of sp³-hybridized carbons (Fsp3) is 0.273. The second kappa shape index (κ2) is 10.7. The summed E-state index contributed by atoms with van der Waals surface area (Å²) in [7, 11) is -2.15. The molecule has 0 saturated carbocycles. The van der Waals surface area contributed by atoms with Crippen LogP contribution in [0.4, 0.5) is 0 Å². The lowest BCUT2D eigenvalue weighted by Gasteiger charge is -2.18. The van der Waals surface area contributed by atoms with Crippen LogP contribution >= 0.6 is 0 Å². The number of carboxylic acid groups (broad SMARTS) is 1. The Balaban J connectivity index is 2.15. The van der Waals surface area contributed by atoms with E-state index in [-0.39, 0.29) is 16.4 Å². The number of hydrogen-bond acceptors (Lipinski definition) is 6. The standard InChI is InChI=1S/C22H25NO7S/c1-4-23(5-2)31(27,28)18-10-8-17(9-11-18)19(24)12-6-16-7-13-20(21(14-16)29-3)30-15-22(25)26/h6-14H,4-5,15H2,1-3H3,(H,25,26)/b12-6+.